The van der Waals surface area contributed by atoms with Crippen molar-refractivity contribution in [1.82, 2.24) is 4.57 Å². The molecule has 21 heavy (non-hydrogen) atoms. The lowest BCUT2D eigenvalue weighted by molar-refractivity contribution is 0.565. The van der Waals surface area contributed by atoms with Gasteiger partial charge in [0.25, 0.3) is 0 Å². The van der Waals surface area contributed by atoms with Crippen LogP contribution in [-0.4, -0.2) is 10.6 Å². The minimum Gasteiger partial charge on any atom is -0.347 e. The van der Waals surface area contributed by atoms with E-state index in [1.165, 1.54) is 55.0 Å². The van der Waals surface area contributed by atoms with Crippen LogP contribution in [0.2, 0.25) is 0 Å². The summed E-state index contributed by atoms with van der Waals surface area (Å²) in [5, 5.41) is 1.38. The molecule has 0 bridgehead atoms. The van der Waals surface area contributed by atoms with Gasteiger partial charge in [0, 0.05) is 29.7 Å². The van der Waals surface area contributed by atoms with Crippen molar-refractivity contribution in [3.05, 3.63) is 36.0 Å². The Hall–Kier alpha value is -1.28. The summed E-state index contributed by atoms with van der Waals surface area (Å²) in [5.74, 6) is 0. The monoisotopic (exact) mass is 286 g/mol. The van der Waals surface area contributed by atoms with Gasteiger partial charge in [-0.25, -0.2) is 0 Å². The van der Waals surface area contributed by atoms with Gasteiger partial charge in [-0.05, 0) is 37.5 Å². The lowest BCUT2D eigenvalue weighted by Gasteiger charge is -2.09. The van der Waals surface area contributed by atoms with Crippen LogP contribution in [0.15, 0.2) is 30.5 Å². The number of benzene rings is 1. The molecule has 116 valence electrons. The van der Waals surface area contributed by atoms with Gasteiger partial charge in [0.2, 0.25) is 0 Å². The van der Waals surface area contributed by atoms with E-state index in [1.54, 1.807) is 0 Å². The van der Waals surface area contributed by atoms with Crippen molar-refractivity contribution < 1.29 is 0 Å². The highest BCUT2D eigenvalue weighted by molar-refractivity contribution is 5.83. The zero-order valence-corrected chi connectivity index (χ0v) is 13.6. The number of rotatable bonds is 9. The van der Waals surface area contributed by atoms with Crippen LogP contribution in [0.25, 0.3) is 10.9 Å². The van der Waals surface area contributed by atoms with E-state index >= 15 is 0 Å². The molecule has 0 aliphatic rings. The van der Waals surface area contributed by atoms with Gasteiger partial charge in [0.1, 0.15) is 0 Å². The average Bonchev–Trinajstić information content (AvgIpc) is 2.87. The summed E-state index contributed by atoms with van der Waals surface area (Å²) < 4.78 is 2.40. The Morgan fingerprint density at radius 1 is 1.05 bits per heavy atom. The molecule has 2 heteroatoms. The van der Waals surface area contributed by atoms with Crippen LogP contribution >= 0.6 is 0 Å². The summed E-state index contributed by atoms with van der Waals surface area (Å²) >= 11 is 0. The number of hydrogen-bond donors (Lipinski definition) is 1. The lowest BCUT2D eigenvalue weighted by atomic mass is 10.0. The van der Waals surface area contributed by atoms with Crippen molar-refractivity contribution >= 4 is 10.9 Å². The fourth-order valence-corrected chi connectivity index (χ4v) is 3.07. The van der Waals surface area contributed by atoms with Crippen molar-refractivity contribution in [1.29, 1.82) is 0 Å². The Morgan fingerprint density at radius 2 is 1.81 bits per heavy atom. The highest BCUT2D eigenvalue weighted by Crippen LogP contribution is 2.22. The maximum atomic E-state index is 5.95. The molecule has 0 saturated carbocycles. The Kier molecular flexibility index (Phi) is 6.31. The Bertz CT molecular complexity index is 539. The lowest BCUT2D eigenvalue weighted by Crippen LogP contribution is -2.17. The summed E-state index contributed by atoms with van der Waals surface area (Å²) in [4.78, 5) is 0. The molecule has 0 aliphatic heterocycles. The SMILES string of the molecule is CCCCCCCCn1ccc2c(CC(C)N)cccc21. The number of fused-ring (bicyclic) bond motifs is 1. The van der Waals surface area contributed by atoms with E-state index in [1.807, 2.05) is 0 Å². The van der Waals surface area contributed by atoms with Gasteiger partial charge in [-0.15, -0.1) is 0 Å². The van der Waals surface area contributed by atoms with Crippen LogP contribution in [0.5, 0.6) is 0 Å². The fraction of sp³-hybridized carbons (Fsp3) is 0.579. The molecular formula is C19H30N2. The first kappa shape index (κ1) is 16.1. The summed E-state index contributed by atoms with van der Waals surface area (Å²) in [6.07, 6.45) is 11.3. The van der Waals surface area contributed by atoms with Gasteiger partial charge in [-0.3, -0.25) is 0 Å². The average molecular weight is 286 g/mol. The summed E-state index contributed by atoms with van der Waals surface area (Å²) in [7, 11) is 0. The molecule has 1 aromatic carbocycles. The molecule has 2 N–H and O–H groups in total. The third kappa shape index (κ3) is 4.60. The first-order valence-corrected chi connectivity index (χ1v) is 8.54. The minimum absolute atomic E-state index is 0.220. The van der Waals surface area contributed by atoms with E-state index in [-0.39, 0.29) is 6.04 Å². The summed E-state index contributed by atoms with van der Waals surface area (Å²) in [6, 6.07) is 9.08. The number of unbranched alkanes of at least 4 members (excludes halogenated alkanes) is 5. The topological polar surface area (TPSA) is 30.9 Å². The zero-order valence-electron chi connectivity index (χ0n) is 13.6. The van der Waals surface area contributed by atoms with Gasteiger partial charge in [-0.1, -0.05) is 51.2 Å². The van der Waals surface area contributed by atoms with Crippen LogP contribution in [0.1, 0.15) is 57.9 Å². The number of aryl methyl sites for hydroxylation is 1. The fourth-order valence-electron chi connectivity index (χ4n) is 3.07. The molecule has 2 aromatic rings. The molecule has 1 heterocycles. The first-order chi connectivity index (χ1) is 10.2. The quantitative estimate of drug-likeness (QED) is 0.654. The van der Waals surface area contributed by atoms with Crippen LogP contribution in [-0.2, 0) is 13.0 Å². The first-order valence-electron chi connectivity index (χ1n) is 8.54. The Labute approximate surface area is 129 Å². The second-order valence-electron chi connectivity index (χ2n) is 6.31. The van der Waals surface area contributed by atoms with Crippen molar-refractivity contribution in [2.45, 2.75) is 71.4 Å². The molecular weight excluding hydrogens is 256 g/mol. The third-order valence-electron chi connectivity index (χ3n) is 4.20. The molecule has 2 rings (SSSR count). The highest BCUT2D eigenvalue weighted by atomic mass is 14.9. The molecule has 0 spiro atoms. The highest BCUT2D eigenvalue weighted by Gasteiger charge is 2.07. The van der Waals surface area contributed by atoms with Crippen LogP contribution < -0.4 is 5.73 Å². The van der Waals surface area contributed by atoms with E-state index in [0.717, 1.165) is 13.0 Å². The number of nitrogens with two attached hydrogens (primary N) is 1. The van der Waals surface area contributed by atoms with Crippen LogP contribution in [0, 0.1) is 0 Å². The van der Waals surface area contributed by atoms with Gasteiger partial charge in [0.15, 0.2) is 0 Å². The second kappa shape index (κ2) is 8.23. The largest absolute Gasteiger partial charge is 0.347 e. The Morgan fingerprint density at radius 3 is 2.57 bits per heavy atom. The summed E-state index contributed by atoms with van der Waals surface area (Å²) in [6.45, 7) is 5.48. The summed E-state index contributed by atoms with van der Waals surface area (Å²) in [5.41, 5.74) is 8.70. The predicted molar refractivity (Wildman–Crippen MR) is 92.7 cm³/mol. The van der Waals surface area contributed by atoms with Crippen molar-refractivity contribution in [3.63, 3.8) is 0 Å². The Balaban J connectivity index is 1.95. The van der Waals surface area contributed by atoms with Crippen LogP contribution in [0.4, 0.5) is 0 Å². The smallest absolute Gasteiger partial charge is 0.0483 e. The predicted octanol–water partition coefficient (Wildman–Crippen LogP) is 4.89. The van der Waals surface area contributed by atoms with Crippen molar-refractivity contribution in [2.24, 2.45) is 5.73 Å². The van der Waals surface area contributed by atoms with Crippen molar-refractivity contribution in [2.75, 3.05) is 0 Å². The number of nitrogens with zero attached hydrogens (tertiary/aromatic N) is 1. The standard InChI is InChI=1S/C19H30N2/c1-3-4-5-6-7-8-13-21-14-12-18-17(15-16(2)20)10-9-11-19(18)21/h9-12,14,16H,3-8,13,15,20H2,1-2H3. The second-order valence-corrected chi connectivity index (χ2v) is 6.31. The molecule has 0 fully saturated rings. The molecule has 1 atom stereocenters. The van der Waals surface area contributed by atoms with Crippen LogP contribution in [0.3, 0.4) is 0 Å². The number of hydrogen-bond acceptors (Lipinski definition) is 1. The van der Waals surface area contributed by atoms with E-state index < -0.39 is 0 Å². The molecule has 0 aliphatic carbocycles. The molecule has 0 saturated heterocycles. The van der Waals surface area contributed by atoms with E-state index in [9.17, 15) is 0 Å². The van der Waals surface area contributed by atoms with E-state index in [2.05, 4.69) is 48.9 Å². The normalized spacial score (nSPS) is 12.9. The van der Waals surface area contributed by atoms with E-state index in [0.29, 0.717) is 0 Å². The molecule has 1 unspecified atom stereocenters. The van der Waals surface area contributed by atoms with Gasteiger partial charge in [0.05, 0.1) is 0 Å². The molecule has 0 amide bonds. The van der Waals surface area contributed by atoms with Gasteiger partial charge < -0.3 is 10.3 Å². The van der Waals surface area contributed by atoms with Gasteiger partial charge in [-0.2, -0.15) is 0 Å². The minimum atomic E-state index is 0.220. The molecule has 1 aromatic heterocycles. The third-order valence-corrected chi connectivity index (χ3v) is 4.20. The number of aromatic nitrogens is 1. The maximum Gasteiger partial charge on any atom is 0.0483 e. The van der Waals surface area contributed by atoms with E-state index in [4.69, 9.17) is 5.73 Å². The van der Waals surface area contributed by atoms with Gasteiger partial charge >= 0.3 is 0 Å². The maximum absolute atomic E-state index is 5.95. The zero-order chi connectivity index (χ0) is 15.1. The molecule has 2 nitrogen and oxygen atoms in total. The van der Waals surface area contributed by atoms with Crippen molar-refractivity contribution in [3.8, 4) is 0 Å². The molecule has 0 radical (unpaired) electrons.